The number of hydrogen-bond acceptors (Lipinski definition) is 7. The highest BCUT2D eigenvalue weighted by atomic mass is 35.5. The van der Waals surface area contributed by atoms with E-state index in [-0.39, 0.29) is 11.5 Å². The maximum Gasteiger partial charge on any atom is 0.331 e. The van der Waals surface area contributed by atoms with Gasteiger partial charge >= 0.3 is 5.97 Å². The normalized spacial score (nSPS) is 18.3. The van der Waals surface area contributed by atoms with Crippen molar-refractivity contribution in [2.75, 3.05) is 32.3 Å². The van der Waals surface area contributed by atoms with E-state index >= 15 is 0 Å². The molecule has 1 amide bonds. The molecule has 0 spiro atoms. The molecule has 0 saturated carbocycles. The van der Waals surface area contributed by atoms with E-state index in [1.165, 1.54) is 20.3 Å². The second-order valence-electron chi connectivity index (χ2n) is 5.85. The molecule has 1 aliphatic rings. The minimum absolute atomic E-state index is 0.0500. The Balaban J connectivity index is 1.86. The van der Waals surface area contributed by atoms with Gasteiger partial charge in [0.05, 0.1) is 30.7 Å². The summed E-state index contributed by atoms with van der Waals surface area (Å²) < 4.78 is 37.8. The predicted molar refractivity (Wildman–Crippen MR) is 99.8 cm³/mol. The van der Waals surface area contributed by atoms with E-state index in [0.29, 0.717) is 28.5 Å². The lowest BCUT2D eigenvalue weighted by Gasteiger charge is -2.10. The molecular formula is C17H20ClNO7S. The number of amides is 1. The van der Waals surface area contributed by atoms with Crippen molar-refractivity contribution in [1.82, 2.24) is 5.32 Å². The lowest BCUT2D eigenvalue weighted by molar-refractivity contribution is -0.143. The summed E-state index contributed by atoms with van der Waals surface area (Å²) in [5.74, 6) is -0.530. The van der Waals surface area contributed by atoms with E-state index in [4.69, 9.17) is 25.8 Å². The number of carbonyl (C=O) groups is 2. The van der Waals surface area contributed by atoms with E-state index < -0.39 is 34.4 Å². The SMILES string of the molecule is COc1cc(C=CC(=O)OCC(=O)NC2CCS(=O)(=O)C2)cc(Cl)c1OC. The van der Waals surface area contributed by atoms with E-state index in [1.54, 1.807) is 12.1 Å². The molecule has 1 fully saturated rings. The molecule has 148 valence electrons. The smallest absolute Gasteiger partial charge is 0.331 e. The van der Waals surface area contributed by atoms with Gasteiger partial charge in [-0.05, 0) is 30.2 Å². The Bertz CT molecular complexity index is 851. The summed E-state index contributed by atoms with van der Waals surface area (Å²) in [6, 6.07) is 2.77. The quantitative estimate of drug-likeness (QED) is 0.524. The first-order valence-corrected chi connectivity index (χ1v) is 10.2. The summed E-state index contributed by atoms with van der Waals surface area (Å²) in [5.41, 5.74) is 0.579. The zero-order valence-electron chi connectivity index (χ0n) is 14.9. The molecule has 1 aromatic carbocycles. The molecule has 0 aliphatic carbocycles. The van der Waals surface area contributed by atoms with Gasteiger partial charge in [0.25, 0.3) is 5.91 Å². The monoisotopic (exact) mass is 417 g/mol. The molecule has 2 rings (SSSR count). The van der Waals surface area contributed by atoms with Gasteiger partial charge in [-0.25, -0.2) is 13.2 Å². The molecule has 0 aromatic heterocycles. The fraction of sp³-hybridized carbons (Fsp3) is 0.412. The van der Waals surface area contributed by atoms with Crippen molar-refractivity contribution in [3.05, 3.63) is 28.8 Å². The average Bonchev–Trinajstić information content (AvgIpc) is 2.95. The minimum Gasteiger partial charge on any atom is -0.493 e. The van der Waals surface area contributed by atoms with Gasteiger partial charge in [0.15, 0.2) is 27.9 Å². The van der Waals surface area contributed by atoms with Gasteiger partial charge in [-0.2, -0.15) is 0 Å². The highest BCUT2D eigenvalue weighted by Gasteiger charge is 2.28. The Morgan fingerprint density at radius 2 is 2.04 bits per heavy atom. The van der Waals surface area contributed by atoms with E-state index in [0.717, 1.165) is 6.08 Å². The minimum atomic E-state index is -3.09. The first-order chi connectivity index (χ1) is 12.7. The molecule has 8 nitrogen and oxygen atoms in total. The number of methoxy groups -OCH3 is 2. The number of sulfone groups is 1. The molecule has 1 saturated heterocycles. The zero-order chi connectivity index (χ0) is 20.0. The van der Waals surface area contributed by atoms with Crippen LogP contribution in [0.15, 0.2) is 18.2 Å². The summed E-state index contributed by atoms with van der Waals surface area (Å²) >= 11 is 6.08. The fourth-order valence-electron chi connectivity index (χ4n) is 2.56. The van der Waals surface area contributed by atoms with Crippen molar-refractivity contribution in [2.24, 2.45) is 0 Å². The van der Waals surface area contributed by atoms with Crippen LogP contribution >= 0.6 is 11.6 Å². The average molecular weight is 418 g/mol. The van der Waals surface area contributed by atoms with E-state index in [9.17, 15) is 18.0 Å². The van der Waals surface area contributed by atoms with Crippen LogP contribution in [-0.2, 0) is 24.2 Å². The Hall–Kier alpha value is -2.26. The highest BCUT2D eigenvalue weighted by molar-refractivity contribution is 7.91. The highest BCUT2D eigenvalue weighted by Crippen LogP contribution is 2.36. The first kappa shape index (κ1) is 21.0. The molecule has 1 aliphatic heterocycles. The molecule has 1 aromatic rings. The molecule has 1 heterocycles. The van der Waals surface area contributed by atoms with Crippen LogP contribution in [0.5, 0.6) is 11.5 Å². The topological polar surface area (TPSA) is 108 Å². The number of benzene rings is 1. The van der Waals surface area contributed by atoms with Gasteiger partial charge in [-0.15, -0.1) is 0 Å². The van der Waals surface area contributed by atoms with Crippen molar-refractivity contribution in [3.63, 3.8) is 0 Å². The first-order valence-electron chi connectivity index (χ1n) is 8.00. The Kier molecular flexibility index (Phi) is 7.09. The molecule has 27 heavy (non-hydrogen) atoms. The van der Waals surface area contributed by atoms with E-state index in [1.807, 2.05) is 0 Å². The van der Waals surface area contributed by atoms with Gasteiger partial charge < -0.3 is 19.5 Å². The fourth-order valence-corrected chi connectivity index (χ4v) is 4.53. The molecule has 1 N–H and O–H groups in total. The van der Waals surface area contributed by atoms with Crippen LogP contribution in [0.1, 0.15) is 12.0 Å². The molecule has 0 radical (unpaired) electrons. The number of hydrogen-bond donors (Lipinski definition) is 1. The summed E-state index contributed by atoms with van der Waals surface area (Å²) in [5, 5.41) is 2.85. The van der Waals surface area contributed by atoms with Gasteiger partial charge in [0, 0.05) is 12.1 Å². The summed E-state index contributed by atoms with van der Waals surface area (Å²) in [7, 11) is -0.166. The van der Waals surface area contributed by atoms with Crippen molar-refractivity contribution < 1.29 is 32.2 Å². The maximum atomic E-state index is 11.7. The van der Waals surface area contributed by atoms with Crippen LogP contribution in [0, 0.1) is 0 Å². The molecular weight excluding hydrogens is 398 g/mol. The molecule has 1 atom stereocenters. The number of halogens is 1. The van der Waals surface area contributed by atoms with Crippen molar-refractivity contribution >= 4 is 39.4 Å². The second kappa shape index (κ2) is 9.09. The second-order valence-corrected chi connectivity index (χ2v) is 8.48. The van der Waals surface area contributed by atoms with Crippen LogP contribution < -0.4 is 14.8 Å². The van der Waals surface area contributed by atoms with Crippen LogP contribution in [0.2, 0.25) is 5.02 Å². The van der Waals surface area contributed by atoms with Gasteiger partial charge in [-0.1, -0.05) is 11.6 Å². The van der Waals surface area contributed by atoms with Crippen molar-refractivity contribution in [3.8, 4) is 11.5 Å². The van der Waals surface area contributed by atoms with Crippen LogP contribution in [0.25, 0.3) is 6.08 Å². The standard InChI is InChI=1S/C17H20ClNO7S/c1-24-14-8-11(7-13(18)17(14)25-2)3-4-16(21)26-9-15(20)19-12-5-6-27(22,23)10-12/h3-4,7-8,12H,5-6,9-10H2,1-2H3,(H,19,20). The Morgan fingerprint density at radius 3 is 2.63 bits per heavy atom. The lowest BCUT2D eigenvalue weighted by atomic mass is 10.2. The van der Waals surface area contributed by atoms with Crippen LogP contribution in [0.3, 0.4) is 0 Å². The lowest BCUT2D eigenvalue weighted by Crippen LogP contribution is -2.38. The van der Waals surface area contributed by atoms with Gasteiger partial charge in [-0.3, -0.25) is 4.79 Å². The number of esters is 1. The zero-order valence-corrected chi connectivity index (χ0v) is 16.4. The third-order valence-electron chi connectivity index (χ3n) is 3.81. The third-order valence-corrected chi connectivity index (χ3v) is 5.86. The van der Waals surface area contributed by atoms with Crippen LogP contribution in [-0.4, -0.2) is 58.7 Å². The van der Waals surface area contributed by atoms with Crippen LogP contribution in [0.4, 0.5) is 0 Å². The molecule has 1 unspecified atom stereocenters. The summed E-state index contributed by atoms with van der Waals surface area (Å²) in [4.78, 5) is 23.5. The van der Waals surface area contributed by atoms with Crippen molar-refractivity contribution in [1.29, 1.82) is 0 Å². The number of rotatable bonds is 7. The maximum absolute atomic E-state index is 11.7. The molecule has 0 bridgehead atoms. The number of carbonyl (C=O) groups excluding carboxylic acids is 2. The largest absolute Gasteiger partial charge is 0.493 e. The van der Waals surface area contributed by atoms with Gasteiger partial charge in [0.2, 0.25) is 0 Å². The predicted octanol–water partition coefficient (Wildman–Crippen LogP) is 1.22. The van der Waals surface area contributed by atoms with Gasteiger partial charge in [0.1, 0.15) is 0 Å². The number of nitrogens with one attached hydrogen (secondary N) is 1. The number of ether oxygens (including phenoxy) is 3. The Labute approximate surface area is 162 Å². The molecule has 10 heteroatoms. The van der Waals surface area contributed by atoms with Crippen molar-refractivity contribution in [2.45, 2.75) is 12.5 Å². The third kappa shape index (κ3) is 6.14. The summed E-state index contributed by atoms with van der Waals surface area (Å²) in [6.07, 6.45) is 2.96. The Morgan fingerprint density at radius 1 is 1.30 bits per heavy atom. The van der Waals surface area contributed by atoms with E-state index in [2.05, 4.69) is 5.32 Å². The summed E-state index contributed by atoms with van der Waals surface area (Å²) in [6.45, 7) is -0.494.